The first-order valence-corrected chi connectivity index (χ1v) is 5.50. The van der Waals surface area contributed by atoms with Gasteiger partial charge < -0.3 is 15.1 Å². The first kappa shape index (κ1) is 12.5. The summed E-state index contributed by atoms with van der Waals surface area (Å²) in [5, 5.41) is 19.8. The van der Waals surface area contributed by atoms with E-state index in [1.807, 2.05) is 18.9 Å². The number of carboxylic acid groups (broad SMARTS) is 1. The van der Waals surface area contributed by atoms with Crippen molar-refractivity contribution < 1.29 is 15.0 Å². The molecule has 2 atom stereocenters. The molecule has 1 aliphatic heterocycles. The summed E-state index contributed by atoms with van der Waals surface area (Å²) in [6.45, 7) is 4.83. The van der Waals surface area contributed by atoms with Gasteiger partial charge in [-0.15, -0.1) is 0 Å². The highest BCUT2D eigenvalue weighted by Gasteiger charge is 2.54. The molecular weight excluding hydrogens is 194 g/mol. The van der Waals surface area contributed by atoms with Crippen LogP contribution in [0.15, 0.2) is 0 Å². The third kappa shape index (κ3) is 2.01. The number of nitrogens with zero attached hydrogens (tertiary/aromatic N) is 1. The second-order valence-electron chi connectivity index (χ2n) is 4.91. The van der Waals surface area contributed by atoms with Crippen LogP contribution in [-0.4, -0.2) is 46.8 Å². The van der Waals surface area contributed by atoms with Crippen LogP contribution in [0.4, 0.5) is 0 Å². The minimum atomic E-state index is -1.08. The van der Waals surface area contributed by atoms with Crippen molar-refractivity contribution in [2.45, 2.75) is 38.7 Å². The molecule has 15 heavy (non-hydrogen) atoms. The number of likely N-dealkylation sites (tertiary alicyclic amines) is 1. The topological polar surface area (TPSA) is 60.8 Å². The molecule has 88 valence electrons. The van der Waals surface area contributed by atoms with Crippen molar-refractivity contribution >= 4 is 5.97 Å². The van der Waals surface area contributed by atoms with Gasteiger partial charge in [0.15, 0.2) is 0 Å². The molecule has 0 saturated carbocycles. The number of hydrogen-bond donors (Lipinski definition) is 2. The normalized spacial score (nSPS) is 31.5. The average molecular weight is 215 g/mol. The Kier molecular flexibility index (Phi) is 3.41. The van der Waals surface area contributed by atoms with E-state index in [0.717, 1.165) is 13.0 Å². The van der Waals surface area contributed by atoms with Crippen LogP contribution < -0.4 is 0 Å². The van der Waals surface area contributed by atoms with Gasteiger partial charge in [0.25, 0.3) is 0 Å². The molecule has 1 rings (SSSR count). The lowest BCUT2D eigenvalue weighted by Gasteiger charge is -2.39. The fourth-order valence-corrected chi connectivity index (χ4v) is 2.47. The highest BCUT2D eigenvalue weighted by Crippen LogP contribution is 2.42. The molecule has 0 aliphatic carbocycles. The van der Waals surface area contributed by atoms with Gasteiger partial charge in [0.1, 0.15) is 0 Å². The van der Waals surface area contributed by atoms with Gasteiger partial charge in [0, 0.05) is 13.1 Å². The van der Waals surface area contributed by atoms with Crippen molar-refractivity contribution in [1.29, 1.82) is 0 Å². The molecule has 4 heteroatoms. The first-order chi connectivity index (χ1) is 6.85. The van der Waals surface area contributed by atoms with E-state index < -0.39 is 17.0 Å². The largest absolute Gasteiger partial charge is 0.481 e. The van der Waals surface area contributed by atoms with E-state index in [2.05, 4.69) is 0 Å². The number of likely N-dealkylation sites (N-methyl/N-ethyl adjacent to an activating group) is 1. The summed E-state index contributed by atoms with van der Waals surface area (Å²) >= 11 is 0. The van der Waals surface area contributed by atoms with Crippen LogP contribution in [0.25, 0.3) is 0 Å². The standard InChI is InChI=1S/C11H21NO3/c1-4-5-10(2,9(13)14)11(15)6-7-12(3)8-11/h15H,4-8H2,1-3H3,(H,13,14). The predicted molar refractivity (Wildman–Crippen MR) is 57.7 cm³/mol. The third-order valence-electron chi connectivity index (χ3n) is 3.69. The van der Waals surface area contributed by atoms with Crippen molar-refractivity contribution in [3.63, 3.8) is 0 Å². The third-order valence-corrected chi connectivity index (χ3v) is 3.69. The van der Waals surface area contributed by atoms with Crippen LogP contribution in [0.3, 0.4) is 0 Å². The molecule has 0 radical (unpaired) electrons. The van der Waals surface area contributed by atoms with Crippen LogP contribution in [0.5, 0.6) is 0 Å². The number of rotatable bonds is 4. The van der Waals surface area contributed by atoms with E-state index in [1.165, 1.54) is 0 Å². The molecule has 0 spiro atoms. The number of carboxylic acids is 1. The fraction of sp³-hybridized carbons (Fsp3) is 0.909. The van der Waals surface area contributed by atoms with Crippen molar-refractivity contribution in [3.8, 4) is 0 Å². The van der Waals surface area contributed by atoms with Crippen molar-refractivity contribution in [2.24, 2.45) is 5.41 Å². The summed E-state index contributed by atoms with van der Waals surface area (Å²) in [5.41, 5.74) is -2.10. The van der Waals surface area contributed by atoms with Crippen LogP contribution >= 0.6 is 0 Å². The van der Waals surface area contributed by atoms with Crippen LogP contribution in [-0.2, 0) is 4.79 Å². The van der Waals surface area contributed by atoms with Gasteiger partial charge in [-0.25, -0.2) is 0 Å². The Morgan fingerprint density at radius 3 is 2.53 bits per heavy atom. The van der Waals surface area contributed by atoms with Crippen molar-refractivity contribution in [1.82, 2.24) is 4.90 Å². The van der Waals surface area contributed by atoms with E-state index in [0.29, 0.717) is 19.4 Å². The second-order valence-corrected chi connectivity index (χ2v) is 4.91. The Hall–Kier alpha value is -0.610. The number of aliphatic hydroxyl groups is 1. The quantitative estimate of drug-likeness (QED) is 0.733. The van der Waals surface area contributed by atoms with Gasteiger partial charge in [-0.2, -0.15) is 0 Å². The lowest BCUT2D eigenvalue weighted by molar-refractivity contribution is -0.166. The Morgan fingerprint density at radius 1 is 1.60 bits per heavy atom. The Bertz CT molecular complexity index is 256. The Morgan fingerprint density at radius 2 is 2.20 bits per heavy atom. The fourth-order valence-electron chi connectivity index (χ4n) is 2.47. The maximum absolute atomic E-state index is 11.3. The molecule has 0 amide bonds. The predicted octanol–water partition coefficient (Wildman–Crippen LogP) is 0.944. The minimum absolute atomic E-state index is 0.454. The molecule has 1 saturated heterocycles. The molecule has 0 aromatic heterocycles. The molecule has 0 aromatic carbocycles. The number of aliphatic carboxylic acids is 1. The van der Waals surface area contributed by atoms with Gasteiger partial charge in [-0.3, -0.25) is 4.79 Å². The SMILES string of the molecule is CCCC(C)(C(=O)O)C1(O)CCN(C)C1. The highest BCUT2D eigenvalue weighted by molar-refractivity contribution is 5.76. The Labute approximate surface area is 90.9 Å². The maximum atomic E-state index is 11.3. The summed E-state index contributed by atoms with van der Waals surface area (Å²) < 4.78 is 0. The maximum Gasteiger partial charge on any atom is 0.312 e. The zero-order chi connectivity index (χ0) is 11.7. The van der Waals surface area contributed by atoms with Crippen LogP contribution in [0, 0.1) is 5.41 Å². The second kappa shape index (κ2) is 4.10. The van der Waals surface area contributed by atoms with E-state index in [1.54, 1.807) is 6.92 Å². The van der Waals surface area contributed by atoms with Gasteiger partial charge in [0.05, 0.1) is 11.0 Å². The summed E-state index contributed by atoms with van der Waals surface area (Å²) in [4.78, 5) is 13.3. The zero-order valence-electron chi connectivity index (χ0n) is 9.79. The molecule has 0 bridgehead atoms. The minimum Gasteiger partial charge on any atom is -0.481 e. The average Bonchev–Trinajstić information content (AvgIpc) is 2.47. The summed E-state index contributed by atoms with van der Waals surface area (Å²) in [6, 6.07) is 0. The lowest BCUT2D eigenvalue weighted by Crippen LogP contribution is -2.53. The van der Waals surface area contributed by atoms with Crippen LogP contribution in [0.1, 0.15) is 33.1 Å². The molecule has 2 N–H and O–H groups in total. The molecule has 0 aromatic rings. The van der Waals surface area contributed by atoms with Crippen molar-refractivity contribution in [3.05, 3.63) is 0 Å². The van der Waals surface area contributed by atoms with E-state index in [-0.39, 0.29) is 0 Å². The van der Waals surface area contributed by atoms with E-state index in [4.69, 9.17) is 0 Å². The summed E-state index contributed by atoms with van der Waals surface area (Å²) in [5.74, 6) is -0.887. The lowest BCUT2D eigenvalue weighted by atomic mass is 9.70. The molecular formula is C11H21NO3. The zero-order valence-corrected chi connectivity index (χ0v) is 9.79. The smallest absolute Gasteiger partial charge is 0.312 e. The van der Waals surface area contributed by atoms with Gasteiger partial charge in [-0.1, -0.05) is 13.3 Å². The molecule has 4 nitrogen and oxygen atoms in total. The van der Waals surface area contributed by atoms with E-state index >= 15 is 0 Å². The molecule has 1 fully saturated rings. The number of carbonyl (C=O) groups is 1. The number of hydrogen-bond acceptors (Lipinski definition) is 3. The summed E-state index contributed by atoms with van der Waals surface area (Å²) in [6.07, 6.45) is 1.84. The van der Waals surface area contributed by atoms with Gasteiger partial charge >= 0.3 is 5.97 Å². The molecule has 1 aliphatic rings. The van der Waals surface area contributed by atoms with Gasteiger partial charge in [-0.05, 0) is 26.8 Å². The highest BCUT2D eigenvalue weighted by atomic mass is 16.4. The van der Waals surface area contributed by atoms with Crippen molar-refractivity contribution in [2.75, 3.05) is 20.1 Å². The molecule has 2 unspecified atom stereocenters. The first-order valence-electron chi connectivity index (χ1n) is 5.50. The van der Waals surface area contributed by atoms with E-state index in [9.17, 15) is 15.0 Å². The molecule has 1 heterocycles. The number of β-amino-alcohol motifs (C(OH)–C–C–N with tert-alkyl or cyclic N) is 1. The Balaban J connectivity index is 2.93. The summed E-state index contributed by atoms with van der Waals surface area (Å²) in [7, 11) is 1.91. The van der Waals surface area contributed by atoms with Crippen LogP contribution in [0.2, 0.25) is 0 Å². The monoisotopic (exact) mass is 215 g/mol. The van der Waals surface area contributed by atoms with Gasteiger partial charge in [0.2, 0.25) is 0 Å².